The predicted octanol–water partition coefficient (Wildman–Crippen LogP) is 3.38. The normalized spacial score (nSPS) is 16.8. The molecule has 8 heteroatoms. The number of rotatable bonds is 5. The fourth-order valence-corrected chi connectivity index (χ4v) is 7.22. The van der Waals surface area contributed by atoms with Crippen LogP contribution in [0.25, 0.3) is 0 Å². The Morgan fingerprint density at radius 2 is 1.58 bits per heavy atom. The fourth-order valence-electron chi connectivity index (χ4n) is 2.96. The van der Waals surface area contributed by atoms with E-state index in [1.807, 2.05) is 30.3 Å². The summed E-state index contributed by atoms with van der Waals surface area (Å²) in [6, 6.07) is 16.3. The zero-order valence-corrected chi connectivity index (χ0v) is 16.4. The smallest absolute Gasteiger partial charge is 0.265 e. The molecular formula is C18H19NO4S3. The van der Waals surface area contributed by atoms with Crippen molar-refractivity contribution >= 4 is 39.3 Å². The number of amides is 1. The molecule has 1 heterocycles. The Morgan fingerprint density at radius 3 is 2.15 bits per heavy atom. The number of carbonyl (C=O) groups is 1. The van der Waals surface area contributed by atoms with Crippen molar-refractivity contribution in [2.75, 3.05) is 11.5 Å². The molecule has 26 heavy (non-hydrogen) atoms. The number of sulfone groups is 1. The first-order valence-electron chi connectivity index (χ1n) is 8.09. The number of nitrogens with one attached hydrogen (secondary N) is 1. The standard InChI is InChI=1S/C18H19NO4S3/c20-17(19-21)18(10-12-24-13-11-18)26(22,23)16-8-6-15(7-9-16)25-14-4-2-1-3-5-14/h1-9,21H,10-13H2,(H,19,20). The van der Waals surface area contributed by atoms with Crippen LogP contribution >= 0.6 is 23.5 Å². The highest BCUT2D eigenvalue weighted by atomic mass is 32.2. The molecule has 0 radical (unpaired) electrons. The summed E-state index contributed by atoms with van der Waals surface area (Å²) < 4.78 is 24.8. The van der Waals surface area contributed by atoms with Crippen LogP contribution < -0.4 is 5.48 Å². The number of benzene rings is 2. The first-order chi connectivity index (χ1) is 12.5. The van der Waals surface area contributed by atoms with Crippen LogP contribution in [0.15, 0.2) is 69.3 Å². The van der Waals surface area contributed by atoms with Gasteiger partial charge in [-0.1, -0.05) is 30.0 Å². The van der Waals surface area contributed by atoms with E-state index in [2.05, 4.69) is 0 Å². The molecule has 5 nitrogen and oxygen atoms in total. The summed E-state index contributed by atoms with van der Waals surface area (Å²) in [6.07, 6.45) is 0.375. The van der Waals surface area contributed by atoms with Gasteiger partial charge >= 0.3 is 0 Å². The Bertz CT molecular complexity index is 861. The van der Waals surface area contributed by atoms with E-state index in [1.165, 1.54) is 23.9 Å². The average molecular weight is 410 g/mol. The lowest BCUT2D eigenvalue weighted by Gasteiger charge is -2.34. The monoisotopic (exact) mass is 409 g/mol. The maximum Gasteiger partial charge on any atom is 0.265 e. The molecule has 0 bridgehead atoms. The Labute approximate surface area is 161 Å². The van der Waals surface area contributed by atoms with Crippen molar-refractivity contribution in [1.29, 1.82) is 0 Å². The van der Waals surface area contributed by atoms with Gasteiger partial charge < -0.3 is 0 Å². The summed E-state index contributed by atoms with van der Waals surface area (Å²) in [6.45, 7) is 0. The largest absolute Gasteiger partial charge is 0.289 e. The Hall–Kier alpha value is -1.48. The van der Waals surface area contributed by atoms with Gasteiger partial charge in [-0.2, -0.15) is 11.8 Å². The van der Waals surface area contributed by atoms with Gasteiger partial charge in [-0.25, -0.2) is 13.9 Å². The Morgan fingerprint density at radius 1 is 1.00 bits per heavy atom. The van der Waals surface area contributed by atoms with E-state index in [4.69, 9.17) is 5.21 Å². The molecule has 2 aromatic carbocycles. The Kier molecular flexibility index (Phi) is 5.96. The second-order valence-electron chi connectivity index (χ2n) is 5.94. The zero-order chi connectivity index (χ0) is 18.6. The number of carbonyl (C=O) groups excluding carboxylic acids is 1. The summed E-state index contributed by atoms with van der Waals surface area (Å²) in [7, 11) is -3.92. The van der Waals surface area contributed by atoms with E-state index in [0.29, 0.717) is 11.5 Å². The SMILES string of the molecule is O=C(NO)C1(S(=O)(=O)c2ccc(Sc3ccccc3)cc2)CCSCC1. The minimum atomic E-state index is -3.92. The first-order valence-corrected chi connectivity index (χ1v) is 11.5. The summed E-state index contributed by atoms with van der Waals surface area (Å²) >= 11 is 3.15. The van der Waals surface area contributed by atoms with Crippen LogP contribution in [-0.4, -0.2) is 35.8 Å². The molecule has 0 atom stereocenters. The molecule has 2 N–H and O–H groups in total. The number of thioether (sulfide) groups is 1. The van der Waals surface area contributed by atoms with Crippen LogP contribution in [0.5, 0.6) is 0 Å². The van der Waals surface area contributed by atoms with Crippen LogP contribution in [0.3, 0.4) is 0 Å². The molecule has 1 aliphatic rings. The zero-order valence-electron chi connectivity index (χ0n) is 13.9. The molecule has 1 amide bonds. The van der Waals surface area contributed by atoms with Crippen LogP contribution in [-0.2, 0) is 14.6 Å². The van der Waals surface area contributed by atoms with Gasteiger partial charge in [0, 0.05) is 9.79 Å². The van der Waals surface area contributed by atoms with Crippen molar-refractivity contribution < 1.29 is 18.4 Å². The minimum Gasteiger partial charge on any atom is -0.289 e. The van der Waals surface area contributed by atoms with Crippen LogP contribution in [0, 0.1) is 0 Å². The highest BCUT2D eigenvalue weighted by Crippen LogP contribution is 2.39. The third-order valence-electron chi connectivity index (χ3n) is 4.44. The van der Waals surface area contributed by atoms with Gasteiger partial charge in [-0.05, 0) is 60.7 Å². The van der Waals surface area contributed by atoms with E-state index in [1.54, 1.807) is 29.4 Å². The van der Waals surface area contributed by atoms with Crippen molar-refractivity contribution in [3.63, 3.8) is 0 Å². The number of hydrogen-bond donors (Lipinski definition) is 2. The summed E-state index contributed by atoms with van der Waals surface area (Å²) in [4.78, 5) is 14.3. The quantitative estimate of drug-likeness (QED) is 0.582. The summed E-state index contributed by atoms with van der Waals surface area (Å²) in [5.41, 5.74) is 1.56. The van der Waals surface area contributed by atoms with Crippen LogP contribution in [0.4, 0.5) is 0 Å². The van der Waals surface area contributed by atoms with E-state index in [0.717, 1.165) is 9.79 Å². The average Bonchev–Trinajstić information content (AvgIpc) is 2.69. The predicted molar refractivity (Wildman–Crippen MR) is 103 cm³/mol. The molecule has 0 aliphatic carbocycles. The highest BCUT2D eigenvalue weighted by molar-refractivity contribution is 8.00. The van der Waals surface area contributed by atoms with Crippen molar-refractivity contribution in [3.05, 3.63) is 54.6 Å². The number of hydrogen-bond acceptors (Lipinski definition) is 6. The maximum absolute atomic E-state index is 13.2. The maximum atomic E-state index is 13.2. The first kappa shape index (κ1) is 19.3. The van der Waals surface area contributed by atoms with E-state index >= 15 is 0 Å². The van der Waals surface area contributed by atoms with Crippen molar-refractivity contribution in [2.45, 2.75) is 32.3 Å². The third kappa shape index (κ3) is 3.64. The van der Waals surface area contributed by atoms with E-state index in [-0.39, 0.29) is 17.7 Å². The fraction of sp³-hybridized carbons (Fsp3) is 0.278. The molecule has 0 unspecified atom stereocenters. The molecule has 3 rings (SSSR count). The van der Waals surface area contributed by atoms with Gasteiger partial charge in [0.05, 0.1) is 4.90 Å². The van der Waals surface area contributed by atoms with Gasteiger partial charge in [0.25, 0.3) is 5.91 Å². The van der Waals surface area contributed by atoms with Crippen molar-refractivity contribution in [2.24, 2.45) is 0 Å². The summed E-state index contributed by atoms with van der Waals surface area (Å²) in [5.74, 6) is 0.281. The molecule has 138 valence electrons. The van der Waals surface area contributed by atoms with Crippen molar-refractivity contribution in [1.82, 2.24) is 5.48 Å². The second-order valence-corrected chi connectivity index (χ2v) is 10.6. The lowest BCUT2D eigenvalue weighted by molar-refractivity contribution is -0.132. The molecule has 0 spiro atoms. The van der Waals surface area contributed by atoms with E-state index in [9.17, 15) is 13.2 Å². The van der Waals surface area contributed by atoms with Gasteiger partial charge in [0.1, 0.15) is 0 Å². The number of hydroxylamine groups is 1. The molecule has 1 saturated heterocycles. The van der Waals surface area contributed by atoms with Crippen LogP contribution in [0.2, 0.25) is 0 Å². The molecule has 1 fully saturated rings. The third-order valence-corrected chi connectivity index (χ3v) is 8.96. The Balaban J connectivity index is 1.90. The topological polar surface area (TPSA) is 83.5 Å². The molecule has 0 saturated carbocycles. The molecule has 0 aromatic heterocycles. The van der Waals surface area contributed by atoms with E-state index < -0.39 is 20.5 Å². The lowest BCUT2D eigenvalue weighted by atomic mass is 10.0. The van der Waals surface area contributed by atoms with Gasteiger partial charge in [-0.3, -0.25) is 10.0 Å². The van der Waals surface area contributed by atoms with Gasteiger partial charge in [-0.15, -0.1) is 0 Å². The van der Waals surface area contributed by atoms with Crippen molar-refractivity contribution in [3.8, 4) is 0 Å². The minimum absolute atomic E-state index is 0.102. The van der Waals surface area contributed by atoms with Gasteiger partial charge in [0.2, 0.25) is 0 Å². The lowest BCUT2D eigenvalue weighted by Crippen LogP contribution is -2.53. The summed E-state index contributed by atoms with van der Waals surface area (Å²) in [5, 5.41) is 9.10. The van der Waals surface area contributed by atoms with Crippen LogP contribution in [0.1, 0.15) is 12.8 Å². The highest BCUT2D eigenvalue weighted by Gasteiger charge is 2.51. The second kappa shape index (κ2) is 8.04. The molecule has 1 aliphatic heterocycles. The molecular weight excluding hydrogens is 390 g/mol. The molecule has 2 aromatic rings. The van der Waals surface area contributed by atoms with Gasteiger partial charge in [0.15, 0.2) is 14.6 Å².